The van der Waals surface area contributed by atoms with Gasteiger partial charge in [-0.25, -0.2) is 0 Å². The Morgan fingerprint density at radius 3 is 3.20 bits per heavy atom. The third-order valence-corrected chi connectivity index (χ3v) is 2.76. The Morgan fingerprint density at radius 2 is 2.53 bits per heavy atom. The van der Waals surface area contributed by atoms with E-state index in [4.69, 9.17) is 4.52 Å². The third kappa shape index (κ3) is 3.28. The Bertz CT molecular complexity index is 269. The van der Waals surface area contributed by atoms with Crippen molar-refractivity contribution in [2.24, 2.45) is 0 Å². The van der Waals surface area contributed by atoms with Crippen LogP contribution >= 0.6 is 0 Å². The molecule has 0 spiro atoms. The van der Waals surface area contributed by atoms with Gasteiger partial charge in [0.15, 0.2) is 5.82 Å². The van der Waals surface area contributed by atoms with Crippen molar-refractivity contribution in [1.29, 1.82) is 0 Å². The zero-order valence-electron chi connectivity index (χ0n) is 9.15. The molecule has 0 saturated carbocycles. The first kappa shape index (κ1) is 10.6. The minimum atomic E-state index is 0.621. The Balaban J connectivity index is 1.74. The van der Waals surface area contributed by atoms with E-state index in [-0.39, 0.29) is 0 Å². The predicted molar refractivity (Wildman–Crippen MR) is 56.3 cm³/mol. The lowest BCUT2D eigenvalue weighted by Crippen LogP contribution is -2.42. The number of piperidine rings is 1. The minimum absolute atomic E-state index is 0.621. The fraction of sp³-hybridized carbons (Fsp3) is 0.800. The molecular formula is C10H18N4O. The van der Waals surface area contributed by atoms with E-state index in [1.807, 2.05) is 0 Å². The molecule has 1 aromatic rings. The summed E-state index contributed by atoms with van der Waals surface area (Å²) in [6, 6.07) is 0.621. The molecule has 0 aliphatic carbocycles. The summed E-state index contributed by atoms with van der Waals surface area (Å²) in [6.45, 7) is 2.96. The quantitative estimate of drug-likeness (QED) is 0.790. The second-order valence-corrected chi connectivity index (χ2v) is 4.19. The molecular weight excluding hydrogens is 192 g/mol. The van der Waals surface area contributed by atoms with Crippen LogP contribution in [0, 0.1) is 0 Å². The second-order valence-electron chi connectivity index (χ2n) is 4.19. The van der Waals surface area contributed by atoms with Crippen LogP contribution in [0.25, 0.3) is 0 Å². The van der Waals surface area contributed by atoms with Gasteiger partial charge in [0.05, 0.1) is 6.54 Å². The highest BCUT2D eigenvalue weighted by Crippen LogP contribution is 2.08. The van der Waals surface area contributed by atoms with Gasteiger partial charge in [0, 0.05) is 12.6 Å². The topological polar surface area (TPSA) is 54.2 Å². The molecule has 0 amide bonds. The standard InChI is InChI=1S/C10H18N4O/c1-14(7-10-12-8-15-13-10)6-9-4-2-3-5-11-9/h8-9,11H,2-7H2,1H3. The maximum atomic E-state index is 4.70. The second kappa shape index (κ2) is 5.23. The molecule has 0 radical (unpaired) electrons. The highest BCUT2D eigenvalue weighted by molar-refractivity contribution is 4.80. The van der Waals surface area contributed by atoms with E-state index in [9.17, 15) is 0 Å². The molecule has 1 saturated heterocycles. The highest BCUT2D eigenvalue weighted by Gasteiger charge is 2.15. The molecule has 2 heterocycles. The van der Waals surface area contributed by atoms with Gasteiger partial charge in [0.1, 0.15) is 0 Å². The lowest BCUT2D eigenvalue weighted by atomic mass is 10.0. The SMILES string of the molecule is CN(Cc1ncon1)CC1CCCCN1. The zero-order valence-corrected chi connectivity index (χ0v) is 9.15. The van der Waals surface area contributed by atoms with Crippen molar-refractivity contribution in [3.05, 3.63) is 12.2 Å². The molecule has 0 aromatic carbocycles. The first-order chi connectivity index (χ1) is 7.34. The maximum absolute atomic E-state index is 4.70. The Morgan fingerprint density at radius 1 is 1.60 bits per heavy atom. The summed E-state index contributed by atoms with van der Waals surface area (Å²) in [4.78, 5) is 6.24. The molecule has 0 bridgehead atoms. The van der Waals surface area contributed by atoms with Crippen LogP contribution in [0.2, 0.25) is 0 Å². The van der Waals surface area contributed by atoms with Crippen LogP contribution in [0.15, 0.2) is 10.9 Å². The number of hydrogen-bond acceptors (Lipinski definition) is 5. The van der Waals surface area contributed by atoms with Gasteiger partial charge in [0.25, 0.3) is 0 Å². The van der Waals surface area contributed by atoms with Gasteiger partial charge in [0.2, 0.25) is 6.39 Å². The van der Waals surface area contributed by atoms with Crippen molar-refractivity contribution < 1.29 is 4.52 Å². The van der Waals surface area contributed by atoms with Gasteiger partial charge in [-0.05, 0) is 26.4 Å². The summed E-state index contributed by atoms with van der Waals surface area (Å²) in [5, 5.41) is 7.32. The molecule has 5 nitrogen and oxygen atoms in total. The molecule has 1 unspecified atom stereocenters. The number of hydrogen-bond donors (Lipinski definition) is 1. The molecule has 15 heavy (non-hydrogen) atoms. The molecule has 1 fully saturated rings. The number of likely N-dealkylation sites (N-methyl/N-ethyl adjacent to an activating group) is 1. The average molecular weight is 210 g/mol. The van der Waals surface area contributed by atoms with E-state index in [0.29, 0.717) is 6.04 Å². The Labute approximate surface area is 89.8 Å². The molecule has 1 atom stereocenters. The van der Waals surface area contributed by atoms with E-state index in [2.05, 4.69) is 27.4 Å². The molecule has 1 N–H and O–H groups in total. The number of aromatic nitrogens is 2. The molecule has 1 aromatic heterocycles. The van der Waals surface area contributed by atoms with E-state index in [0.717, 1.165) is 25.5 Å². The summed E-state index contributed by atoms with van der Waals surface area (Å²) < 4.78 is 4.70. The molecule has 1 aliphatic heterocycles. The third-order valence-electron chi connectivity index (χ3n) is 2.76. The predicted octanol–water partition coefficient (Wildman–Crippen LogP) is 0.643. The van der Waals surface area contributed by atoms with E-state index in [1.165, 1.54) is 25.7 Å². The fourth-order valence-corrected chi connectivity index (χ4v) is 2.02. The van der Waals surface area contributed by atoms with Crippen molar-refractivity contribution >= 4 is 0 Å². The fourth-order valence-electron chi connectivity index (χ4n) is 2.02. The molecule has 5 heteroatoms. The van der Waals surface area contributed by atoms with Crippen LogP contribution in [0.4, 0.5) is 0 Å². The van der Waals surface area contributed by atoms with Crippen LogP contribution in [-0.4, -0.2) is 41.2 Å². The van der Waals surface area contributed by atoms with Crippen LogP contribution in [0.3, 0.4) is 0 Å². The van der Waals surface area contributed by atoms with Crippen molar-refractivity contribution in [2.45, 2.75) is 31.8 Å². The summed E-state index contributed by atoms with van der Waals surface area (Å²) >= 11 is 0. The van der Waals surface area contributed by atoms with E-state index >= 15 is 0 Å². The Kier molecular flexibility index (Phi) is 3.69. The summed E-state index contributed by atoms with van der Waals surface area (Å²) in [7, 11) is 2.09. The van der Waals surface area contributed by atoms with Crippen LogP contribution in [-0.2, 0) is 6.54 Å². The lowest BCUT2D eigenvalue weighted by Gasteiger charge is -2.27. The zero-order chi connectivity index (χ0) is 10.5. The number of nitrogens with one attached hydrogen (secondary N) is 1. The van der Waals surface area contributed by atoms with E-state index < -0.39 is 0 Å². The summed E-state index contributed by atoms with van der Waals surface area (Å²) in [5.74, 6) is 0.758. The highest BCUT2D eigenvalue weighted by atomic mass is 16.5. The average Bonchev–Trinajstić information content (AvgIpc) is 2.71. The van der Waals surface area contributed by atoms with Gasteiger partial charge in [-0.2, -0.15) is 4.98 Å². The summed E-state index contributed by atoms with van der Waals surface area (Å²) in [6.07, 6.45) is 5.30. The van der Waals surface area contributed by atoms with Crippen molar-refractivity contribution in [1.82, 2.24) is 20.4 Å². The largest absolute Gasteiger partial charge is 0.343 e. The van der Waals surface area contributed by atoms with Crippen LogP contribution in [0.1, 0.15) is 25.1 Å². The van der Waals surface area contributed by atoms with Gasteiger partial charge >= 0.3 is 0 Å². The Hall–Kier alpha value is -0.940. The lowest BCUT2D eigenvalue weighted by molar-refractivity contribution is 0.249. The molecule has 2 rings (SSSR count). The van der Waals surface area contributed by atoms with Gasteiger partial charge in [-0.3, -0.25) is 4.90 Å². The smallest absolute Gasteiger partial charge is 0.213 e. The van der Waals surface area contributed by atoms with Gasteiger partial charge in [-0.15, -0.1) is 0 Å². The maximum Gasteiger partial charge on any atom is 0.213 e. The molecule has 84 valence electrons. The van der Waals surface area contributed by atoms with Gasteiger partial charge in [-0.1, -0.05) is 11.6 Å². The monoisotopic (exact) mass is 210 g/mol. The molecule has 1 aliphatic rings. The van der Waals surface area contributed by atoms with Crippen molar-refractivity contribution in [3.8, 4) is 0 Å². The van der Waals surface area contributed by atoms with E-state index in [1.54, 1.807) is 0 Å². The summed E-state index contributed by atoms with van der Waals surface area (Å²) in [5.41, 5.74) is 0. The number of nitrogens with zero attached hydrogens (tertiary/aromatic N) is 3. The number of rotatable bonds is 4. The van der Waals surface area contributed by atoms with Crippen LogP contribution in [0.5, 0.6) is 0 Å². The first-order valence-electron chi connectivity index (χ1n) is 5.52. The van der Waals surface area contributed by atoms with Crippen molar-refractivity contribution in [3.63, 3.8) is 0 Å². The van der Waals surface area contributed by atoms with Gasteiger partial charge < -0.3 is 9.84 Å². The minimum Gasteiger partial charge on any atom is -0.343 e. The van der Waals surface area contributed by atoms with Crippen molar-refractivity contribution in [2.75, 3.05) is 20.1 Å². The normalized spacial score (nSPS) is 22.1. The first-order valence-corrected chi connectivity index (χ1v) is 5.52. The van der Waals surface area contributed by atoms with Crippen LogP contribution < -0.4 is 5.32 Å².